The summed E-state index contributed by atoms with van der Waals surface area (Å²) in [6, 6.07) is 11.4. The number of nitrogens with zero attached hydrogens (tertiary/aromatic N) is 1. The summed E-state index contributed by atoms with van der Waals surface area (Å²) >= 11 is 0. The first-order valence-corrected chi connectivity index (χ1v) is 8.54. The van der Waals surface area contributed by atoms with Gasteiger partial charge in [0.2, 0.25) is 5.90 Å². The molecule has 148 valence electrons. The normalized spacial score (nSPS) is 14.2. The smallest absolute Gasteiger partial charge is 0.363 e. The van der Waals surface area contributed by atoms with E-state index in [-0.39, 0.29) is 23.1 Å². The number of esters is 3. The van der Waals surface area contributed by atoms with Crippen LogP contribution in [-0.2, 0) is 19.1 Å². The Bertz CT molecular complexity index is 1050. The zero-order valence-electron chi connectivity index (χ0n) is 15.9. The Hall–Kier alpha value is -3.94. The molecule has 0 saturated heterocycles. The van der Waals surface area contributed by atoms with Gasteiger partial charge in [-0.05, 0) is 30.3 Å². The summed E-state index contributed by atoms with van der Waals surface area (Å²) in [6.07, 6.45) is 1.47. The molecule has 3 rings (SSSR count). The fourth-order valence-corrected chi connectivity index (χ4v) is 2.57. The number of benzene rings is 2. The SMILES string of the molecule is COc1cc(C2=N/C(=C\c3ccccc3OC(C)=O)C(=O)O2)ccc1OC(C)=O. The second kappa shape index (κ2) is 8.39. The lowest BCUT2D eigenvalue weighted by atomic mass is 10.1. The van der Waals surface area contributed by atoms with Gasteiger partial charge in [-0.1, -0.05) is 18.2 Å². The molecule has 0 atom stereocenters. The molecule has 0 saturated carbocycles. The fourth-order valence-electron chi connectivity index (χ4n) is 2.57. The highest BCUT2D eigenvalue weighted by Crippen LogP contribution is 2.30. The highest BCUT2D eigenvalue weighted by atomic mass is 16.6. The third-order valence-corrected chi connectivity index (χ3v) is 3.75. The van der Waals surface area contributed by atoms with Crippen molar-refractivity contribution in [1.82, 2.24) is 0 Å². The van der Waals surface area contributed by atoms with Gasteiger partial charge in [0.15, 0.2) is 17.2 Å². The summed E-state index contributed by atoms with van der Waals surface area (Å²) < 4.78 is 20.6. The number of hydrogen-bond donors (Lipinski definition) is 0. The molecule has 1 aliphatic heterocycles. The van der Waals surface area contributed by atoms with Crippen LogP contribution in [-0.4, -0.2) is 30.9 Å². The Balaban J connectivity index is 1.94. The summed E-state index contributed by atoms with van der Waals surface area (Å²) in [5, 5.41) is 0. The third kappa shape index (κ3) is 4.67. The second-order valence-corrected chi connectivity index (χ2v) is 5.93. The minimum atomic E-state index is -0.652. The molecule has 0 amide bonds. The van der Waals surface area contributed by atoms with Crippen molar-refractivity contribution in [2.75, 3.05) is 7.11 Å². The van der Waals surface area contributed by atoms with E-state index in [0.29, 0.717) is 16.9 Å². The lowest BCUT2D eigenvalue weighted by Crippen LogP contribution is -2.07. The van der Waals surface area contributed by atoms with Crippen LogP contribution in [0.15, 0.2) is 53.2 Å². The molecule has 0 fully saturated rings. The monoisotopic (exact) mass is 395 g/mol. The Morgan fingerprint density at radius 2 is 1.66 bits per heavy atom. The van der Waals surface area contributed by atoms with Gasteiger partial charge in [0.25, 0.3) is 0 Å². The van der Waals surface area contributed by atoms with Crippen molar-refractivity contribution in [1.29, 1.82) is 0 Å². The van der Waals surface area contributed by atoms with Gasteiger partial charge in [0.05, 0.1) is 7.11 Å². The average Bonchev–Trinajstić information content (AvgIpc) is 3.03. The van der Waals surface area contributed by atoms with Gasteiger partial charge in [0.1, 0.15) is 5.75 Å². The molecule has 0 aromatic heterocycles. The van der Waals surface area contributed by atoms with Crippen LogP contribution in [0, 0.1) is 0 Å². The number of hydrogen-bond acceptors (Lipinski definition) is 8. The maximum Gasteiger partial charge on any atom is 0.363 e. The summed E-state index contributed by atoms with van der Waals surface area (Å²) in [7, 11) is 1.42. The number of carbonyl (C=O) groups excluding carboxylic acids is 3. The van der Waals surface area contributed by atoms with Crippen molar-refractivity contribution in [3.8, 4) is 17.2 Å². The molecule has 1 heterocycles. The van der Waals surface area contributed by atoms with Gasteiger partial charge in [-0.2, -0.15) is 0 Å². The van der Waals surface area contributed by atoms with Crippen LogP contribution in [0.5, 0.6) is 17.2 Å². The number of aliphatic imine (C=N–C) groups is 1. The zero-order valence-corrected chi connectivity index (χ0v) is 15.9. The van der Waals surface area contributed by atoms with E-state index in [9.17, 15) is 14.4 Å². The Labute approximate surface area is 166 Å². The van der Waals surface area contributed by atoms with Crippen LogP contribution in [0.4, 0.5) is 0 Å². The molecule has 8 nitrogen and oxygen atoms in total. The summed E-state index contributed by atoms with van der Waals surface area (Å²) in [5.41, 5.74) is 1.01. The molecule has 0 bridgehead atoms. The predicted molar refractivity (Wildman–Crippen MR) is 103 cm³/mol. The van der Waals surface area contributed by atoms with E-state index in [1.54, 1.807) is 36.4 Å². The molecule has 0 radical (unpaired) electrons. The highest BCUT2D eigenvalue weighted by Gasteiger charge is 2.25. The maximum atomic E-state index is 12.2. The highest BCUT2D eigenvalue weighted by molar-refractivity contribution is 6.13. The summed E-state index contributed by atoms with van der Waals surface area (Å²) in [6.45, 7) is 2.57. The van der Waals surface area contributed by atoms with Crippen LogP contribution in [0.25, 0.3) is 6.08 Å². The van der Waals surface area contributed by atoms with Crippen molar-refractivity contribution in [2.45, 2.75) is 13.8 Å². The van der Waals surface area contributed by atoms with E-state index in [4.69, 9.17) is 18.9 Å². The molecule has 2 aromatic carbocycles. The zero-order chi connectivity index (χ0) is 21.0. The van der Waals surface area contributed by atoms with Crippen LogP contribution in [0.3, 0.4) is 0 Å². The number of cyclic esters (lactones) is 1. The van der Waals surface area contributed by atoms with Crippen molar-refractivity contribution in [3.05, 3.63) is 59.3 Å². The topological polar surface area (TPSA) is 100 Å². The molecule has 0 aliphatic carbocycles. The van der Waals surface area contributed by atoms with E-state index in [1.807, 2.05) is 0 Å². The van der Waals surface area contributed by atoms with E-state index in [0.717, 1.165) is 0 Å². The van der Waals surface area contributed by atoms with Crippen molar-refractivity contribution in [3.63, 3.8) is 0 Å². The Morgan fingerprint density at radius 1 is 0.966 bits per heavy atom. The largest absolute Gasteiger partial charge is 0.493 e. The minimum Gasteiger partial charge on any atom is -0.493 e. The van der Waals surface area contributed by atoms with Crippen LogP contribution >= 0.6 is 0 Å². The van der Waals surface area contributed by atoms with Gasteiger partial charge in [-0.15, -0.1) is 0 Å². The lowest BCUT2D eigenvalue weighted by molar-refractivity contribution is -0.132. The molecule has 2 aromatic rings. The fraction of sp³-hybridized carbons (Fsp3) is 0.143. The first-order chi connectivity index (χ1) is 13.9. The van der Waals surface area contributed by atoms with Crippen LogP contribution in [0.2, 0.25) is 0 Å². The van der Waals surface area contributed by atoms with Crippen molar-refractivity contribution >= 4 is 29.9 Å². The van der Waals surface area contributed by atoms with Gasteiger partial charge >= 0.3 is 17.9 Å². The molecule has 0 spiro atoms. The van der Waals surface area contributed by atoms with E-state index in [1.165, 1.54) is 33.1 Å². The van der Waals surface area contributed by atoms with Crippen molar-refractivity contribution < 1.29 is 33.3 Å². The minimum absolute atomic E-state index is 0.0441. The number of rotatable bonds is 5. The van der Waals surface area contributed by atoms with Gasteiger partial charge in [-0.25, -0.2) is 9.79 Å². The first kappa shape index (κ1) is 19.8. The lowest BCUT2D eigenvalue weighted by Gasteiger charge is -2.09. The number of carbonyl (C=O) groups is 3. The molecule has 1 aliphatic rings. The average molecular weight is 395 g/mol. The summed E-state index contributed by atoms with van der Waals surface area (Å²) in [5.74, 6) is -0.726. The first-order valence-electron chi connectivity index (χ1n) is 8.54. The quantitative estimate of drug-likeness (QED) is 0.436. The molecular weight excluding hydrogens is 378 g/mol. The molecule has 29 heavy (non-hydrogen) atoms. The predicted octanol–water partition coefficient (Wildman–Crippen LogP) is 2.89. The van der Waals surface area contributed by atoms with Gasteiger partial charge in [-0.3, -0.25) is 9.59 Å². The number of ether oxygens (including phenoxy) is 4. The molecule has 8 heteroatoms. The van der Waals surface area contributed by atoms with Gasteiger partial charge < -0.3 is 18.9 Å². The van der Waals surface area contributed by atoms with E-state index >= 15 is 0 Å². The number of methoxy groups -OCH3 is 1. The maximum absolute atomic E-state index is 12.2. The van der Waals surface area contributed by atoms with Crippen molar-refractivity contribution in [2.24, 2.45) is 4.99 Å². The van der Waals surface area contributed by atoms with E-state index < -0.39 is 17.9 Å². The Morgan fingerprint density at radius 3 is 2.34 bits per heavy atom. The molecular formula is C21H17NO7. The van der Waals surface area contributed by atoms with Gasteiger partial charge in [0, 0.05) is 25.0 Å². The number of para-hydroxylation sites is 1. The molecule has 0 unspecified atom stereocenters. The third-order valence-electron chi connectivity index (χ3n) is 3.75. The second-order valence-electron chi connectivity index (χ2n) is 5.93. The van der Waals surface area contributed by atoms with Crippen LogP contribution < -0.4 is 14.2 Å². The van der Waals surface area contributed by atoms with E-state index in [2.05, 4.69) is 4.99 Å². The molecule has 0 N–H and O–H groups in total. The Kier molecular flexibility index (Phi) is 5.73. The van der Waals surface area contributed by atoms with Crippen LogP contribution in [0.1, 0.15) is 25.0 Å². The summed E-state index contributed by atoms with van der Waals surface area (Å²) in [4.78, 5) is 38.9. The standard InChI is InChI=1S/C21H17NO7/c1-12(23)27-17-7-5-4-6-14(17)10-16-21(25)29-20(22-16)15-8-9-18(28-13(2)24)19(11-15)26-3/h4-11H,1-3H3/b16-10-.